The first-order valence-corrected chi connectivity index (χ1v) is 4.77. The molecule has 1 N–H and O–H groups in total. The largest absolute Gasteiger partial charge is 0.315 e. The molecule has 15 heavy (non-hydrogen) atoms. The molecule has 0 aliphatic heterocycles. The second-order valence-corrected chi connectivity index (χ2v) is 3.21. The van der Waals surface area contributed by atoms with Crippen LogP contribution in [0.1, 0.15) is 0 Å². The van der Waals surface area contributed by atoms with Gasteiger partial charge in [0.2, 0.25) is 0 Å². The van der Waals surface area contributed by atoms with Crippen molar-refractivity contribution in [3.05, 3.63) is 54.6 Å². The number of fused-ring (bicyclic) bond motifs is 1. The van der Waals surface area contributed by atoms with Crippen molar-refractivity contribution in [1.29, 1.82) is 0 Å². The Kier molecular flexibility index (Phi) is 2.71. The van der Waals surface area contributed by atoms with Crippen LogP contribution in [0.15, 0.2) is 54.6 Å². The predicted molar refractivity (Wildman–Crippen MR) is 64.3 cm³/mol. The summed E-state index contributed by atoms with van der Waals surface area (Å²) in [4.78, 5) is 0. The van der Waals surface area contributed by atoms with E-state index in [4.69, 9.17) is 6.42 Å². The van der Waals surface area contributed by atoms with E-state index in [2.05, 4.69) is 35.6 Å². The lowest BCUT2D eigenvalue weighted by Gasteiger charge is -2.10. The lowest BCUT2D eigenvalue weighted by atomic mass is 9.95. The number of terminal acetylenes is 1. The minimum Gasteiger partial charge on any atom is -0.315 e. The van der Waals surface area contributed by atoms with Gasteiger partial charge in [-0.1, -0.05) is 48.9 Å². The molecule has 0 amide bonds. The van der Waals surface area contributed by atoms with Gasteiger partial charge in [-0.3, -0.25) is 0 Å². The third-order valence-corrected chi connectivity index (χ3v) is 2.21. The van der Waals surface area contributed by atoms with Crippen LogP contribution in [0.5, 0.6) is 0 Å². The molecule has 1 heteroatoms. The molecule has 0 atom stereocenters. The van der Waals surface area contributed by atoms with Crippen LogP contribution in [0.25, 0.3) is 11.1 Å². The van der Waals surface area contributed by atoms with Crippen LogP contribution >= 0.6 is 0 Å². The van der Waals surface area contributed by atoms with Gasteiger partial charge >= 0.3 is 0 Å². The highest BCUT2D eigenvalue weighted by atomic mass is 14.8. The van der Waals surface area contributed by atoms with E-state index in [-0.39, 0.29) is 0 Å². The van der Waals surface area contributed by atoms with Crippen molar-refractivity contribution in [3.8, 4) is 23.6 Å². The van der Waals surface area contributed by atoms with Crippen molar-refractivity contribution in [2.24, 2.45) is 0 Å². The third-order valence-electron chi connectivity index (χ3n) is 2.21. The summed E-state index contributed by atoms with van der Waals surface area (Å²) in [7, 11) is 0. The van der Waals surface area contributed by atoms with E-state index < -0.39 is 0 Å². The summed E-state index contributed by atoms with van der Waals surface area (Å²) in [5.74, 6) is 0. The molecule has 2 aliphatic rings. The molecule has 1 nitrogen and oxygen atoms in total. The predicted octanol–water partition coefficient (Wildman–Crippen LogP) is 3.36. The maximum absolute atomic E-state index is 5.00. The second kappa shape index (κ2) is 4.34. The van der Waals surface area contributed by atoms with Crippen molar-refractivity contribution in [1.82, 2.24) is 0 Å². The molecule has 0 bridgehead atoms. The second-order valence-electron chi connectivity index (χ2n) is 3.21. The lowest BCUT2D eigenvalue weighted by Crippen LogP contribution is -1.85. The van der Waals surface area contributed by atoms with E-state index >= 15 is 0 Å². The molecule has 0 unspecified atom stereocenters. The van der Waals surface area contributed by atoms with Crippen LogP contribution in [0, 0.1) is 12.5 Å². The molecular weight excluding hydrogens is 182 g/mol. The molecule has 0 radical (unpaired) electrons. The quantitative estimate of drug-likeness (QED) is 0.461. The number of benzene rings is 2. The Bertz CT molecular complexity index is 442. The van der Waals surface area contributed by atoms with Crippen LogP contribution in [0.4, 0.5) is 5.69 Å². The summed E-state index contributed by atoms with van der Waals surface area (Å²) in [6.07, 6.45) is 5.00. The fourth-order valence-electron chi connectivity index (χ4n) is 1.27. The molecule has 1 aromatic rings. The van der Waals surface area contributed by atoms with E-state index in [0.29, 0.717) is 0 Å². The maximum atomic E-state index is 5.00. The van der Waals surface area contributed by atoms with Gasteiger partial charge in [0.05, 0.1) is 0 Å². The van der Waals surface area contributed by atoms with Crippen molar-refractivity contribution in [3.63, 3.8) is 0 Å². The molecule has 72 valence electrons. The Morgan fingerprint density at radius 3 is 1.67 bits per heavy atom. The lowest BCUT2D eigenvalue weighted by molar-refractivity contribution is 1.55. The van der Waals surface area contributed by atoms with Crippen molar-refractivity contribution < 1.29 is 0 Å². The van der Waals surface area contributed by atoms with Gasteiger partial charge in [-0.2, -0.15) is 0 Å². The summed E-state index contributed by atoms with van der Waals surface area (Å²) in [6.45, 7) is 0. The van der Waals surface area contributed by atoms with Gasteiger partial charge in [0.15, 0.2) is 0 Å². The first-order chi connectivity index (χ1) is 7.40. The molecule has 0 saturated carbocycles. The zero-order valence-corrected chi connectivity index (χ0v) is 8.27. The van der Waals surface area contributed by atoms with E-state index in [1.165, 1.54) is 11.1 Å². The Hall–Kier alpha value is -2.20. The van der Waals surface area contributed by atoms with Gasteiger partial charge in [-0.25, -0.2) is 0 Å². The van der Waals surface area contributed by atoms with E-state index in [1.54, 1.807) is 0 Å². The molecule has 0 heterocycles. The standard InChI is InChI=1S/C8H7N.C6H4/c1-2-9-8-6-4-3-5-7-8;1-2-6-4-3-5(1)6/h1,3-7,9H;1-4H. The van der Waals surface area contributed by atoms with Crippen molar-refractivity contribution in [2.45, 2.75) is 0 Å². The first kappa shape index (κ1) is 9.36. The maximum Gasteiger partial charge on any atom is 0.0459 e. The van der Waals surface area contributed by atoms with Crippen LogP contribution in [-0.2, 0) is 0 Å². The monoisotopic (exact) mass is 193 g/mol. The van der Waals surface area contributed by atoms with E-state index in [1.807, 2.05) is 30.3 Å². The van der Waals surface area contributed by atoms with Gasteiger partial charge in [-0.05, 0) is 23.3 Å². The number of hydrogen-bond donors (Lipinski definition) is 1. The van der Waals surface area contributed by atoms with Gasteiger partial charge in [0.25, 0.3) is 0 Å². The Morgan fingerprint density at radius 1 is 0.800 bits per heavy atom. The summed E-state index contributed by atoms with van der Waals surface area (Å²) in [5.41, 5.74) is 3.81. The Balaban J connectivity index is 0.000000121. The number of anilines is 1. The highest BCUT2D eigenvalue weighted by Crippen LogP contribution is 2.29. The molecule has 0 saturated heterocycles. The van der Waals surface area contributed by atoms with Crippen LogP contribution in [0.3, 0.4) is 0 Å². The van der Waals surface area contributed by atoms with Gasteiger partial charge in [-0.15, -0.1) is 0 Å². The average Bonchev–Trinajstić information content (AvgIpc) is 2.26. The normalized spacial score (nSPS) is 9.27. The highest BCUT2D eigenvalue weighted by molar-refractivity contribution is 5.75. The zero-order valence-electron chi connectivity index (χ0n) is 8.27. The van der Waals surface area contributed by atoms with Crippen LogP contribution in [-0.4, -0.2) is 0 Å². The fraction of sp³-hybridized carbons (Fsp3) is 0. The van der Waals surface area contributed by atoms with Gasteiger partial charge in [0.1, 0.15) is 0 Å². The van der Waals surface area contributed by atoms with Crippen LogP contribution in [0.2, 0.25) is 0 Å². The molecule has 0 fully saturated rings. The molecule has 3 rings (SSSR count). The fourth-order valence-corrected chi connectivity index (χ4v) is 1.27. The minimum atomic E-state index is 0.958. The molecule has 0 spiro atoms. The van der Waals surface area contributed by atoms with Gasteiger partial charge in [0, 0.05) is 11.7 Å². The summed E-state index contributed by atoms with van der Waals surface area (Å²) >= 11 is 0. The number of nitrogens with one attached hydrogen (secondary N) is 1. The average molecular weight is 193 g/mol. The topological polar surface area (TPSA) is 12.0 Å². The van der Waals surface area contributed by atoms with Crippen LogP contribution < -0.4 is 5.32 Å². The van der Waals surface area contributed by atoms with E-state index in [0.717, 1.165) is 5.69 Å². The van der Waals surface area contributed by atoms with E-state index in [9.17, 15) is 0 Å². The zero-order chi connectivity index (χ0) is 10.5. The highest BCUT2D eigenvalue weighted by Gasteiger charge is 2.03. The summed E-state index contributed by atoms with van der Waals surface area (Å²) in [5, 5.41) is 2.74. The van der Waals surface area contributed by atoms with Crippen molar-refractivity contribution in [2.75, 3.05) is 5.32 Å². The third kappa shape index (κ3) is 2.18. The Labute approximate surface area is 89.8 Å². The molecule has 1 aromatic carbocycles. The summed E-state index contributed by atoms with van der Waals surface area (Å²) < 4.78 is 0. The van der Waals surface area contributed by atoms with Crippen molar-refractivity contribution >= 4 is 5.69 Å². The number of rotatable bonds is 1. The van der Waals surface area contributed by atoms with Gasteiger partial charge < -0.3 is 5.32 Å². The molecule has 0 aromatic heterocycles. The number of para-hydroxylation sites is 1. The first-order valence-electron chi connectivity index (χ1n) is 4.77. The smallest absolute Gasteiger partial charge is 0.0459 e. The minimum absolute atomic E-state index is 0.958. The Morgan fingerprint density at radius 2 is 1.33 bits per heavy atom. The SMILES string of the molecule is C#CNc1ccccc1.c1cc2ccc1-2. The molecular formula is C14H11N. The number of hydrogen-bond acceptors (Lipinski definition) is 1. The summed E-state index contributed by atoms with van der Waals surface area (Å²) in [6, 6.07) is 20.5. The molecule has 2 aliphatic carbocycles.